The highest BCUT2D eigenvalue weighted by atomic mass is 16.5. The summed E-state index contributed by atoms with van der Waals surface area (Å²) in [6, 6.07) is 14.3. The number of hydrogen-bond donors (Lipinski definition) is 1. The molecule has 1 aliphatic rings. The lowest BCUT2D eigenvalue weighted by Crippen LogP contribution is -2.44. The van der Waals surface area contributed by atoms with E-state index in [0.29, 0.717) is 6.54 Å². The van der Waals surface area contributed by atoms with E-state index in [1.807, 2.05) is 38.1 Å². The first-order valence-corrected chi connectivity index (χ1v) is 10.4. The van der Waals surface area contributed by atoms with Gasteiger partial charge in [-0.25, -0.2) is 0 Å². The van der Waals surface area contributed by atoms with Crippen LogP contribution in [-0.4, -0.2) is 55.0 Å². The smallest absolute Gasteiger partial charge is 0.261 e. The molecular formula is C24H33N3O2. The monoisotopic (exact) mass is 395 g/mol. The average Bonchev–Trinajstić information content (AvgIpc) is 2.72. The number of likely N-dealkylation sites (N-methyl/N-ethyl adjacent to an activating group) is 1. The Morgan fingerprint density at radius 3 is 2.45 bits per heavy atom. The van der Waals surface area contributed by atoms with Crippen LogP contribution in [0.2, 0.25) is 0 Å². The molecule has 1 N–H and O–H groups in total. The summed E-state index contributed by atoms with van der Waals surface area (Å²) in [5.41, 5.74) is 4.68. The topological polar surface area (TPSA) is 44.8 Å². The molecular weight excluding hydrogens is 362 g/mol. The van der Waals surface area contributed by atoms with Crippen LogP contribution in [0.15, 0.2) is 42.5 Å². The molecule has 0 spiro atoms. The maximum absolute atomic E-state index is 12.6. The largest absolute Gasteiger partial charge is 0.481 e. The molecule has 1 atom stereocenters. The summed E-state index contributed by atoms with van der Waals surface area (Å²) >= 11 is 0. The van der Waals surface area contributed by atoms with Gasteiger partial charge in [-0.1, -0.05) is 36.4 Å². The van der Waals surface area contributed by atoms with Crippen molar-refractivity contribution >= 4 is 5.91 Å². The second kappa shape index (κ2) is 9.90. The van der Waals surface area contributed by atoms with Crippen molar-refractivity contribution in [1.29, 1.82) is 0 Å². The molecule has 1 aliphatic heterocycles. The van der Waals surface area contributed by atoms with Crippen LogP contribution in [0.5, 0.6) is 5.75 Å². The number of ether oxygens (including phenoxy) is 1. The maximum Gasteiger partial charge on any atom is 0.261 e. The number of rotatable bonds is 7. The number of piperazine rings is 1. The first-order chi connectivity index (χ1) is 13.9. The Kier molecular flexibility index (Phi) is 7.29. The second-order valence-corrected chi connectivity index (χ2v) is 8.02. The van der Waals surface area contributed by atoms with Gasteiger partial charge >= 0.3 is 0 Å². The number of nitrogens with one attached hydrogen (secondary N) is 1. The zero-order chi connectivity index (χ0) is 20.8. The van der Waals surface area contributed by atoms with Gasteiger partial charge in [0.1, 0.15) is 5.75 Å². The molecule has 5 nitrogen and oxygen atoms in total. The van der Waals surface area contributed by atoms with Crippen LogP contribution in [0, 0.1) is 13.8 Å². The number of carbonyl (C=O) groups is 1. The van der Waals surface area contributed by atoms with E-state index >= 15 is 0 Å². The van der Waals surface area contributed by atoms with Crippen LogP contribution >= 0.6 is 0 Å². The SMILES string of the molecule is Cc1cccc(OC(C)C(=O)NCc2ccccc2CN2CCN(C)CC2)c1C. The van der Waals surface area contributed by atoms with Gasteiger partial charge in [-0.2, -0.15) is 0 Å². The second-order valence-electron chi connectivity index (χ2n) is 8.02. The van der Waals surface area contributed by atoms with Crippen molar-refractivity contribution in [3.05, 3.63) is 64.7 Å². The highest BCUT2D eigenvalue weighted by Crippen LogP contribution is 2.22. The van der Waals surface area contributed by atoms with E-state index in [0.717, 1.165) is 49.6 Å². The molecule has 2 aromatic carbocycles. The first kappa shape index (κ1) is 21.3. The van der Waals surface area contributed by atoms with Crippen molar-refractivity contribution in [3.63, 3.8) is 0 Å². The van der Waals surface area contributed by atoms with Gasteiger partial charge in [0.25, 0.3) is 5.91 Å². The van der Waals surface area contributed by atoms with Gasteiger partial charge in [-0.15, -0.1) is 0 Å². The summed E-state index contributed by atoms with van der Waals surface area (Å²) in [6.45, 7) is 11.7. The summed E-state index contributed by atoms with van der Waals surface area (Å²) in [7, 11) is 2.17. The molecule has 1 saturated heterocycles. The Balaban J connectivity index is 1.56. The zero-order valence-electron chi connectivity index (χ0n) is 18.1. The Morgan fingerprint density at radius 2 is 1.72 bits per heavy atom. The lowest BCUT2D eigenvalue weighted by atomic mass is 10.1. The number of amides is 1. The van der Waals surface area contributed by atoms with Crippen molar-refractivity contribution in [2.24, 2.45) is 0 Å². The summed E-state index contributed by atoms with van der Waals surface area (Å²) in [4.78, 5) is 17.4. The molecule has 1 unspecified atom stereocenters. The van der Waals surface area contributed by atoms with Crippen molar-refractivity contribution in [1.82, 2.24) is 15.1 Å². The Labute approximate surface area is 174 Å². The zero-order valence-corrected chi connectivity index (χ0v) is 18.1. The minimum absolute atomic E-state index is 0.0969. The van der Waals surface area contributed by atoms with Gasteiger partial charge in [0, 0.05) is 39.3 Å². The van der Waals surface area contributed by atoms with Crippen LogP contribution in [0.4, 0.5) is 0 Å². The van der Waals surface area contributed by atoms with Crippen LogP contribution in [0.3, 0.4) is 0 Å². The molecule has 0 saturated carbocycles. The highest BCUT2D eigenvalue weighted by molar-refractivity contribution is 5.80. The minimum atomic E-state index is -0.541. The summed E-state index contributed by atoms with van der Waals surface area (Å²) in [5, 5.41) is 3.05. The normalized spacial score (nSPS) is 16.4. The Bertz CT molecular complexity index is 829. The fourth-order valence-electron chi connectivity index (χ4n) is 3.55. The van der Waals surface area contributed by atoms with Gasteiger partial charge in [0.2, 0.25) is 0 Å². The quantitative estimate of drug-likeness (QED) is 0.782. The lowest BCUT2D eigenvalue weighted by Gasteiger charge is -2.32. The standard InChI is InChI=1S/C24H33N3O2/c1-18-8-7-11-23(19(18)2)29-20(3)24(28)25-16-21-9-5-6-10-22(21)17-27-14-12-26(4)13-15-27/h5-11,20H,12-17H2,1-4H3,(H,25,28). The fraction of sp³-hybridized carbons (Fsp3) is 0.458. The minimum Gasteiger partial charge on any atom is -0.481 e. The molecule has 1 heterocycles. The van der Waals surface area contributed by atoms with E-state index in [-0.39, 0.29) is 5.91 Å². The first-order valence-electron chi connectivity index (χ1n) is 10.4. The van der Waals surface area contributed by atoms with Gasteiger partial charge in [-0.3, -0.25) is 9.69 Å². The third kappa shape index (κ3) is 5.81. The van der Waals surface area contributed by atoms with E-state index in [2.05, 4.69) is 40.4 Å². The number of hydrogen-bond acceptors (Lipinski definition) is 4. The van der Waals surface area contributed by atoms with E-state index in [4.69, 9.17) is 4.74 Å². The Morgan fingerprint density at radius 1 is 1.03 bits per heavy atom. The predicted octanol–water partition coefficient (Wildman–Crippen LogP) is 3.13. The summed E-state index contributed by atoms with van der Waals surface area (Å²) in [5.74, 6) is 0.670. The molecule has 3 rings (SSSR count). The average molecular weight is 396 g/mol. The van der Waals surface area contributed by atoms with Gasteiger partial charge in [-0.05, 0) is 56.1 Å². The number of nitrogens with zero attached hydrogens (tertiary/aromatic N) is 2. The molecule has 1 amide bonds. The van der Waals surface area contributed by atoms with E-state index in [9.17, 15) is 4.79 Å². The van der Waals surface area contributed by atoms with E-state index in [1.165, 1.54) is 11.1 Å². The van der Waals surface area contributed by atoms with Crippen LogP contribution < -0.4 is 10.1 Å². The maximum atomic E-state index is 12.6. The molecule has 5 heteroatoms. The number of carbonyl (C=O) groups excluding carboxylic acids is 1. The van der Waals surface area contributed by atoms with Crippen LogP contribution in [-0.2, 0) is 17.9 Å². The van der Waals surface area contributed by atoms with Crippen LogP contribution in [0.1, 0.15) is 29.2 Å². The van der Waals surface area contributed by atoms with Gasteiger partial charge in [0.15, 0.2) is 6.10 Å². The Hall–Kier alpha value is -2.37. The molecule has 0 aromatic heterocycles. The third-order valence-electron chi connectivity index (χ3n) is 5.79. The van der Waals surface area contributed by atoms with Crippen LogP contribution in [0.25, 0.3) is 0 Å². The predicted molar refractivity (Wildman–Crippen MR) is 117 cm³/mol. The van der Waals surface area contributed by atoms with Crippen molar-refractivity contribution in [2.45, 2.75) is 40.0 Å². The van der Waals surface area contributed by atoms with Gasteiger partial charge < -0.3 is 15.0 Å². The molecule has 0 radical (unpaired) electrons. The summed E-state index contributed by atoms with van der Waals surface area (Å²) < 4.78 is 5.91. The van der Waals surface area contributed by atoms with Crippen molar-refractivity contribution in [3.8, 4) is 5.75 Å². The molecule has 29 heavy (non-hydrogen) atoms. The molecule has 2 aromatic rings. The number of benzene rings is 2. The van der Waals surface area contributed by atoms with E-state index in [1.54, 1.807) is 6.92 Å². The fourth-order valence-corrected chi connectivity index (χ4v) is 3.55. The summed E-state index contributed by atoms with van der Waals surface area (Å²) in [6.07, 6.45) is -0.541. The molecule has 156 valence electrons. The molecule has 1 fully saturated rings. The lowest BCUT2D eigenvalue weighted by molar-refractivity contribution is -0.127. The molecule has 0 aliphatic carbocycles. The van der Waals surface area contributed by atoms with Crippen molar-refractivity contribution < 1.29 is 9.53 Å². The third-order valence-corrected chi connectivity index (χ3v) is 5.79. The van der Waals surface area contributed by atoms with E-state index < -0.39 is 6.10 Å². The van der Waals surface area contributed by atoms with Crippen molar-refractivity contribution in [2.75, 3.05) is 33.2 Å². The van der Waals surface area contributed by atoms with Gasteiger partial charge in [0.05, 0.1) is 0 Å². The highest BCUT2D eigenvalue weighted by Gasteiger charge is 2.18. The number of aryl methyl sites for hydroxylation is 1. The molecule has 0 bridgehead atoms.